The number of esters is 2. The third-order valence-electron chi connectivity index (χ3n) is 9.51. The highest BCUT2D eigenvalue weighted by Crippen LogP contribution is 2.68. The molecule has 5 N–H and O–H groups in total. The van der Waals surface area contributed by atoms with Crippen LogP contribution in [0.2, 0.25) is 0 Å². The van der Waals surface area contributed by atoms with Crippen LogP contribution in [0.25, 0.3) is 0 Å². The van der Waals surface area contributed by atoms with Gasteiger partial charge < -0.3 is 40.2 Å². The van der Waals surface area contributed by atoms with Crippen molar-refractivity contribution in [3.05, 3.63) is 35.1 Å². The topological polar surface area (TPSA) is 184 Å². The Labute approximate surface area is 243 Å². The molecule has 1 aromatic rings. The molecule has 12 nitrogen and oxygen atoms in total. The summed E-state index contributed by atoms with van der Waals surface area (Å²) in [6.45, 7) is 4.92. The zero-order valence-electron chi connectivity index (χ0n) is 24.2. The normalized spacial score (nSPS) is 30.4. The van der Waals surface area contributed by atoms with E-state index in [2.05, 4.69) is 12.2 Å². The first-order valence-electron chi connectivity index (χ1n) is 14.3. The van der Waals surface area contributed by atoms with Crippen LogP contribution in [0.15, 0.2) is 24.0 Å². The Kier molecular flexibility index (Phi) is 7.73. The van der Waals surface area contributed by atoms with E-state index < -0.39 is 59.1 Å². The van der Waals surface area contributed by atoms with Gasteiger partial charge in [0, 0.05) is 12.0 Å². The number of amides is 1. The average Bonchev–Trinajstić information content (AvgIpc) is 3.30. The number of aliphatic hydroxyl groups is 1. The Morgan fingerprint density at radius 3 is 2.64 bits per heavy atom. The molecule has 228 valence electrons. The summed E-state index contributed by atoms with van der Waals surface area (Å²) >= 11 is 0. The molecule has 1 saturated carbocycles. The number of carbonyl (C=O) groups is 4. The van der Waals surface area contributed by atoms with E-state index in [-0.39, 0.29) is 30.9 Å². The van der Waals surface area contributed by atoms with Gasteiger partial charge in [0.1, 0.15) is 17.8 Å². The number of carboxylic acids is 1. The van der Waals surface area contributed by atoms with Crippen molar-refractivity contribution in [2.24, 2.45) is 17.6 Å². The van der Waals surface area contributed by atoms with E-state index in [1.807, 2.05) is 12.1 Å². The van der Waals surface area contributed by atoms with Crippen LogP contribution in [0.3, 0.4) is 0 Å². The monoisotopic (exact) mass is 586 g/mol. The maximum Gasteiger partial charge on any atom is 0.352 e. The van der Waals surface area contributed by atoms with Crippen LogP contribution in [0.4, 0.5) is 0 Å². The molecule has 1 heterocycles. The largest absolute Gasteiger partial charge is 0.493 e. The van der Waals surface area contributed by atoms with Crippen molar-refractivity contribution in [3.63, 3.8) is 0 Å². The number of methoxy groups -OCH3 is 1. The highest BCUT2D eigenvalue weighted by atomic mass is 16.6. The minimum atomic E-state index is -1.31. The fraction of sp³-hybridized carbons (Fsp3) is 0.600. The number of nitrogens with one attached hydrogen (secondary N) is 1. The van der Waals surface area contributed by atoms with Gasteiger partial charge in [0.15, 0.2) is 23.7 Å². The Balaban J connectivity index is 1.29. The quantitative estimate of drug-likeness (QED) is 0.291. The predicted molar refractivity (Wildman–Crippen MR) is 146 cm³/mol. The second kappa shape index (κ2) is 10.9. The van der Waals surface area contributed by atoms with Crippen LogP contribution < -0.4 is 20.5 Å². The SMILES string of the molecule is COc1ccc2c3c1O[C@H]1C(OC(=O)[C@H](C)OC(=O)[C@H](C)NC(=O)CC[C@H](N)C(=O)O)=CC[C@@]4(O)[C@@H](C2)C(C)CC[C@]314. The molecule has 0 radical (unpaired) electrons. The summed E-state index contributed by atoms with van der Waals surface area (Å²) < 4.78 is 23.2. The third-order valence-corrected chi connectivity index (χ3v) is 9.51. The summed E-state index contributed by atoms with van der Waals surface area (Å²) in [6.07, 6.45) is 1.86. The zero-order valence-corrected chi connectivity index (χ0v) is 24.2. The van der Waals surface area contributed by atoms with Gasteiger partial charge in [-0.25, -0.2) is 9.59 Å². The molecule has 3 aliphatic carbocycles. The smallest absolute Gasteiger partial charge is 0.352 e. The molecule has 1 amide bonds. The number of hydrogen-bond acceptors (Lipinski definition) is 10. The molecular weight excluding hydrogens is 548 g/mol. The zero-order chi connectivity index (χ0) is 30.6. The van der Waals surface area contributed by atoms with Gasteiger partial charge in [-0.3, -0.25) is 9.59 Å². The Morgan fingerprint density at radius 2 is 1.95 bits per heavy atom. The second-order valence-corrected chi connectivity index (χ2v) is 11.9. The van der Waals surface area contributed by atoms with E-state index in [0.29, 0.717) is 23.8 Å². The first kappa shape index (κ1) is 29.8. The molecule has 1 fully saturated rings. The number of carboxylic acid groups (broad SMARTS) is 1. The maximum absolute atomic E-state index is 13.1. The highest BCUT2D eigenvalue weighted by molar-refractivity contribution is 5.86. The molecule has 42 heavy (non-hydrogen) atoms. The lowest BCUT2D eigenvalue weighted by molar-refractivity contribution is -0.176. The standard InChI is InChI=1S/C30H38N2O10/c1-14-9-11-29-23-17-5-7-20(39-4)24(23)42-25(29)21(10-12-30(29,38)18(14)13-17)41-28(37)16(3)40-27(36)15(2)32-22(33)8-6-19(31)26(34)35/h5,7,10,14-16,18-19,25,38H,6,8-9,11-13,31H2,1-4H3,(H,32,33)(H,34,35)/t14?,15-,16-,18-,19-,25-,29-,30+/m0/s1. The Bertz CT molecular complexity index is 1340. The second-order valence-electron chi connectivity index (χ2n) is 11.9. The molecule has 1 aromatic carbocycles. The molecule has 5 rings (SSSR count). The number of carbonyl (C=O) groups excluding carboxylic acids is 3. The van der Waals surface area contributed by atoms with Gasteiger partial charge in [-0.05, 0) is 75.5 Å². The van der Waals surface area contributed by atoms with Crippen molar-refractivity contribution in [1.82, 2.24) is 5.32 Å². The summed E-state index contributed by atoms with van der Waals surface area (Å²) in [5.41, 5.74) is 5.53. The molecular formula is C30H38N2O10. The van der Waals surface area contributed by atoms with Crippen LogP contribution in [0.5, 0.6) is 11.5 Å². The van der Waals surface area contributed by atoms with E-state index in [1.165, 1.54) is 13.8 Å². The number of nitrogens with two attached hydrogens (primary N) is 1. The van der Waals surface area contributed by atoms with Crippen molar-refractivity contribution < 1.29 is 48.3 Å². The van der Waals surface area contributed by atoms with Gasteiger partial charge in [-0.1, -0.05) is 13.0 Å². The summed E-state index contributed by atoms with van der Waals surface area (Å²) in [4.78, 5) is 48.6. The van der Waals surface area contributed by atoms with E-state index in [1.54, 1.807) is 13.2 Å². The van der Waals surface area contributed by atoms with Crippen molar-refractivity contribution >= 4 is 23.8 Å². The lowest BCUT2D eigenvalue weighted by Crippen LogP contribution is -2.69. The lowest BCUT2D eigenvalue weighted by Gasteiger charge is -2.61. The van der Waals surface area contributed by atoms with Gasteiger partial charge in [0.05, 0.1) is 18.1 Å². The summed E-state index contributed by atoms with van der Waals surface area (Å²) in [5, 5.41) is 23.6. The molecule has 4 aliphatic rings. The van der Waals surface area contributed by atoms with Crippen molar-refractivity contribution in [2.75, 3.05) is 7.11 Å². The minimum absolute atomic E-state index is 0.00846. The lowest BCUT2D eigenvalue weighted by atomic mass is 9.45. The van der Waals surface area contributed by atoms with Gasteiger partial charge >= 0.3 is 17.9 Å². The summed E-state index contributed by atoms with van der Waals surface area (Å²) in [6, 6.07) is 1.60. The van der Waals surface area contributed by atoms with Crippen LogP contribution in [0.1, 0.15) is 64.0 Å². The van der Waals surface area contributed by atoms with E-state index >= 15 is 0 Å². The maximum atomic E-state index is 13.1. The minimum Gasteiger partial charge on any atom is -0.493 e. The van der Waals surface area contributed by atoms with Crippen LogP contribution >= 0.6 is 0 Å². The van der Waals surface area contributed by atoms with Crippen LogP contribution in [0, 0.1) is 11.8 Å². The third kappa shape index (κ3) is 4.60. The number of ether oxygens (including phenoxy) is 4. The van der Waals surface area contributed by atoms with Gasteiger partial charge in [-0.2, -0.15) is 0 Å². The first-order chi connectivity index (χ1) is 19.8. The van der Waals surface area contributed by atoms with E-state index in [4.69, 9.17) is 29.8 Å². The Morgan fingerprint density at radius 1 is 1.21 bits per heavy atom. The van der Waals surface area contributed by atoms with Crippen LogP contribution in [-0.4, -0.2) is 71.0 Å². The van der Waals surface area contributed by atoms with E-state index in [0.717, 1.165) is 24.0 Å². The summed E-state index contributed by atoms with van der Waals surface area (Å²) in [7, 11) is 1.56. The van der Waals surface area contributed by atoms with Crippen molar-refractivity contribution in [1.29, 1.82) is 0 Å². The van der Waals surface area contributed by atoms with Crippen molar-refractivity contribution in [3.8, 4) is 11.5 Å². The molecule has 1 spiro atoms. The molecule has 12 heteroatoms. The molecule has 1 aliphatic heterocycles. The van der Waals surface area contributed by atoms with Crippen molar-refractivity contribution in [2.45, 2.75) is 94.6 Å². The number of hydrogen-bond donors (Lipinski definition) is 4. The average molecular weight is 587 g/mol. The number of rotatable bonds is 10. The van der Waals surface area contributed by atoms with Gasteiger partial charge in [0.2, 0.25) is 5.91 Å². The van der Waals surface area contributed by atoms with Gasteiger partial charge in [0.25, 0.3) is 0 Å². The molecule has 0 aromatic heterocycles. The fourth-order valence-electron chi connectivity index (χ4n) is 7.27. The predicted octanol–water partition coefficient (Wildman–Crippen LogP) is 1.49. The molecule has 1 unspecified atom stereocenters. The summed E-state index contributed by atoms with van der Waals surface area (Å²) in [5.74, 6) is -1.83. The van der Waals surface area contributed by atoms with Crippen LogP contribution in [-0.2, 0) is 40.5 Å². The molecule has 8 atom stereocenters. The number of benzene rings is 1. The fourth-order valence-corrected chi connectivity index (χ4v) is 7.27. The highest BCUT2D eigenvalue weighted by Gasteiger charge is 2.72. The van der Waals surface area contributed by atoms with Gasteiger partial charge in [-0.15, -0.1) is 0 Å². The molecule has 2 bridgehead atoms. The van der Waals surface area contributed by atoms with E-state index in [9.17, 15) is 24.3 Å². The Hall–Kier alpha value is -3.64. The number of aliphatic carboxylic acids is 1. The first-order valence-corrected chi connectivity index (χ1v) is 14.3. The molecule has 0 saturated heterocycles.